The van der Waals surface area contributed by atoms with Gasteiger partial charge in [-0.15, -0.1) is 0 Å². The molecule has 4 rings (SSSR count). The lowest BCUT2D eigenvalue weighted by molar-refractivity contribution is -0.154. The monoisotopic (exact) mass is 328 g/mol. The van der Waals surface area contributed by atoms with Crippen LogP contribution in [0.2, 0.25) is 0 Å². The lowest BCUT2D eigenvalue weighted by Crippen LogP contribution is -2.59. The van der Waals surface area contributed by atoms with Crippen molar-refractivity contribution in [3.05, 3.63) is 29.3 Å². The summed E-state index contributed by atoms with van der Waals surface area (Å²) < 4.78 is 5.62. The Morgan fingerprint density at radius 2 is 2.04 bits per heavy atom. The molecule has 4 heteroatoms. The molecule has 0 saturated carbocycles. The average molecular weight is 328 g/mol. The van der Waals surface area contributed by atoms with E-state index in [1.165, 1.54) is 11.1 Å². The second-order valence-corrected chi connectivity index (χ2v) is 7.78. The van der Waals surface area contributed by atoms with Crippen molar-refractivity contribution in [3.63, 3.8) is 0 Å². The fraction of sp³-hybridized carbons (Fsp3) is 0.650. The number of carbonyl (C=O) groups excluding carboxylic acids is 1. The second kappa shape index (κ2) is 6.07. The predicted octanol–water partition coefficient (Wildman–Crippen LogP) is 2.84. The summed E-state index contributed by atoms with van der Waals surface area (Å²) in [5, 5.41) is 0. The Bertz CT molecular complexity index is 641. The van der Waals surface area contributed by atoms with E-state index < -0.39 is 0 Å². The van der Waals surface area contributed by atoms with Crippen molar-refractivity contribution < 1.29 is 9.53 Å². The summed E-state index contributed by atoms with van der Waals surface area (Å²) in [5.41, 5.74) is 2.52. The Kier molecular flexibility index (Phi) is 4.03. The summed E-state index contributed by atoms with van der Waals surface area (Å²) in [4.78, 5) is 17.4. The number of piperidine rings is 2. The average Bonchev–Trinajstić information content (AvgIpc) is 3.04. The maximum Gasteiger partial charge on any atom is 0.230 e. The number of nitrogens with zero attached hydrogens (tertiary/aromatic N) is 2. The number of hydrogen-bond donors (Lipinski definition) is 0. The van der Waals surface area contributed by atoms with E-state index in [9.17, 15) is 4.79 Å². The Labute approximate surface area is 144 Å². The van der Waals surface area contributed by atoms with E-state index in [1.54, 1.807) is 0 Å². The molecule has 1 spiro atoms. The summed E-state index contributed by atoms with van der Waals surface area (Å²) in [6.45, 7) is 6.02. The molecule has 1 aromatic carbocycles. The highest BCUT2D eigenvalue weighted by Gasteiger charge is 2.50. The lowest BCUT2D eigenvalue weighted by atomic mass is 9.68. The minimum absolute atomic E-state index is 0.162. The van der Waals surface area contributed by atoms with Gasteiger partial charge in [-0.2, -0.15) is 0 Å². The molecule has 24 heavy (non-hydrogen) atoms. The Hall–Kier alpha value is -1.55. The topological polar surface area (TPSA) is 32.8 Å². The Morgan fingerprint density at radius 1 is 1.25 bits per heavy atom. The van der Waals surface area contributed by atoms with Crippen LogP contribution in [0.5, 0.6) is 5.75 Å². The van der Waals surface area contributed by atoms with Crippen LogP contribution in [0.4, 0.5) is 0 Å². The van der Waals surface area contributed by atoms with Crippen molar-refractivity contribution in [3.8, 4) is 5.75 Å². The molecule has 0 bridgehead atoms. The first kappa shape index (κ1) is 15.9. The van der Waals surface area contributed by atoms with Crippen molar-refractivity contribution >= 4 is 5.91 Å². The number of rotatable bonds is 2. The minimum Gasteiger partial charge on any atom is -0.493 e. The number of amides is 1. The third kappa shape index (κ3) is 2.52. The number of benzene rings is 1. The highest BCUT2D eigenvalue weighted by atomic mass is 16.5. The van der Waals surface area contributed by atoms with Crippen molar-refractivity contribution in [2.45, 2.75) is 51.6 Å². The highest BCUT2D eigenvalue weighted by Crippen LogP contribution is 2.44. The van der Waals surface area contributed by atoms with Crippen LogP contribution in [-0.2, 0) is 17.8 Å². The number of ether oxygens (including phenoxy) is 1. The standard InChI is InChI=1S/C20H28N2O2/c1-15-20(8-3-10-21(2)19(20)23)9-4-11-22(15)14-16-5-6-18-17(13-16)7-12-24-18/h5-6,13,15H,3-4,7-12,14H2,1-2H3/t15-,20+/m1/s1. The molecule has 0 radical (unpaired) electrons. The Morgan fingerprint density at radius 3 is 2.88 bits per heavy atom. The third-order valence-electron chi connectivity index (χ3n) is 6.44. The van der Waals surface area contributed by atoms with Crippen molar-refractivity contribution in [1.82, 2.24) is 9.80 Å². The van der Waals surface area contributed by atoms with Crippen LogP contribution in [0.15, 0.2) is 18.2 Å². The van der Waals surface area contributed by atoms with Gasteiger partial charge < -0.3 is 9.64 Å². The first-order valence-corrected chi connectivity index (χ1v) is 9.34. The SMILES string of the molecule is C[C@H]1N(Cc2ccc3c(c2)CCO3)CCC[C@@]12CCCN(C)C2=O. The zero-order chi connectivity index (χ0) is 16.7. The van der Waals surface area contributed by atoms with Gasteiger partial charge in [-0.05, 0) is 56.3 Å². The summed E-state index contributed by atoms with van der Waals surface area (Å²) in [6.07, 6.45) is 5.37. The summed E-state index contributed by atoms with van der Waals surface area (Å²) in [5.74, 6) is 1.42. The molecule has 3 aliphatic rings. The normalized spacial score (nSPS) is 30.5. The molecule has 4 nitrogen and oxygen atoms in total. The van der Waals surface area contributed by atoms with Crippen LogP contribution in [0, 0.1) is 5.41 Å². The molecule has 3 aliphatic heterocycles. The maximum atomic E-state index is 12.9. The van der Waals surface area contributed by atoms with Gasteiger partial charge in [0.05, 0.1) is 12.0 Å². The van der Waals surface area contributed by atoms with Crippen molar-refractivity contribution in [1.29, 1.82) is 0 Å². The van der Waals surface area contributed by atoms with Crippen molar-refractivity contribution in [2.75, 3.05) is 26.7 Å². The molecule has 1 aromatic rings. The van der Waals surface area contributed by atoms with Crippen molar-refractivity contribution in [2.24, 2.45) is 5.41 Å². The van der Waals surface area contributed by atoms with E-state index in [-0.39, 0.29) is 5.41 Å². The van der Waals surface area contributed by atoms with Gasteiger partial charge in [-0.1, -0.05) is 12.1 Å². The minimum atomic E-state index is -0.162. The molecule has 2 saturated heterocycles. The number of likely N-dealkylation sites (tertiary alicyclic amines) is 2. The molecule has 0 N–H and O–H groups in total. The Balaban J connectivity index is 1.54. The molecule has 1 amide bonds. The van der Waals surface area contributed by atoms with Gasteiger partial charge in [0.1, 0.15) is 5.75 Å². The van der Waals surface area contributed by atoms with Crippen LogP contribution >= 0.6 is 0 Å². The van der Waals surface area contributed by atoms with Gasteiger partial charge in [-0.25, -0.2) is 0 Å². The van der Waals surface area contributed by atoms with Gasteiger partial charge in [0.25, 0.3) is 0 Å². The largest absolute Gasteiger partial charge is 0.493 e. The first-order chi connectivity index (χ1) is 11.6. The van der Waals surface area contributed by atoms with Gasteiger partial charge in [0.15, 0.2) is 0 Å². The van der Waals surface area contributed by atoms with Crippen LogP contribution in [-0.4, -0.2) is 48.5 Å². The van der Waals surface area contributed by atoms with Gasteiger partial charge in [-0.3, -0.25) is 9.69 Å². The van der Waals surface area contributed by atoms with Gasteiger partial charge in [0.2, 0.25) is 5.91 Å². The van der Waals surface area contributed by atoms with Crippen LogP contribution in [0.3, 0.4) is 0 Å². The van der Waals surface area contributed by atoms with Crippen LogP contribution < -0.4 is 4.74 Å². The van der Waals surface area contributed by atoms with Crippen LogP contribution in [0.1, 0.15) is 43.7 Å². The zero-order valence-corrected chi connectivity index (χ0v) is 14.9. The molecule has 2 fully saturated rings. The number of hydrogen-bond acceptors (Lipinski definition) is 3. The number of fused-ring (bicyclic) bond motifs is 1. The summed E-state index contributed by atoms with van der Waals surface area (Å²) >= 11 is 0. The fourth-order valence-corrected chi connectivity index (χ4v) is 4.98. The van der Waals surface area contributed by atoms with Gasteiger partial charge >= 0.3 is 0 Å². The molecule has 130 valence electrons. The molecule has 0 aliphatic carbocycles. The molecule has 0 unspecified atom stereocenters. The maximum absolute atomic E-state index is 12.9. The smallest absolute Gasteiger partial charge is 0.230 e. The van der Waals surface area contributed by atoms with E-state index in [0.29, 0.717) is 11.9 Å². The van der Waals surface area contributed by atoms with E-state index in [0.717, 1.165) is 64.1 Å². The second-order valence-electron chi connectivity index (χ2n) is 7.78. The number of carbonyl (C=O) groups is 1. The van der Waals surface area contributed by atoms with E-state index in [4.69, 9.17) is 4.74 Å². The summed E-state index contributed by atoms with van der Waals surface area (Å²) in [7, 11) is 1.97. The van der Waals surface area contributed by atoms with Gasteiger partial charge in [0, 0.05) is 32.6 Å². The molecular formula is C20H28N2O2. The molecule has 2 atom stereocenters. The quantitative estimate of drug-likeness (QED) is 0.837. The van der Waals surface area contributed by atoms with E-state index in [1.807, 2.05) is 11.9 Å². The van der Waals surface area contributed by atoms with Crippen LogP contribution in [0.25, 0.3) is 0 Å². The van der Waals surface area contributed by atoms with E-state index in [2.05, 4.69) is 30.0 Å². The highest BCUT2D eigenvalue weighted by molar-refractivity contribution is 5.84. The zero-order valence-electron chi connectivity index (χ0n) is 14.9. The molecule has 3 heterocycles. The fourth-order valence-electron chi connectivity index (χ4n) is 4.98. The van der Waals surface area contributed by atoms with E-state index >= 15 is 0 Å². The molecular weight excluding hydrogens is 300 g/mol. The third-order valence-corrected chi connectivity index (χ3v) is 6.44. The predicted molar refractivity (Wildman–Crippen MR) is 94.1 cm³/mol. The first-order valence-electron chi connectivity index (χ1n) is 9.34. The summed E-state index contributed by atoms with van der Waals surface area (Å²) in [6, 6.07) is 6.91. The lowest BCUT2D eigenvalue weighted by Gasteiger charge is -2.51. The molecule has 0 aromatic heterocycles.